The van der Waals surface area contributed by atoms with Gasteiger partial charge in [-0.05, 0) is 30.5 Å². The predicted molar refractivity (Wildman–Crippen MR) is 127 cm³/mol. The van der Waals surface area contributed by atoms with Crippen LogP contribution in [0.15, 0.2) is 66.9 Å². The van der Waals surface area contributed by atoms with E-state index in [0.717, 1.165) is 38.3 Å². The Morgan fingerprint density at radius 3 is 2.28 bits per heavy atom. The first-order valence-electron chi connectivity index (χ1n) is 11.2. The van der Waals surface area contributed by atoms with Crippen LogP contribution >= 0.6 is 0 Å². The van der Waals surface area contributed by atoms with Crippen molar-refractivity contribution in [2.75, 3.05) is 25.5 Å². The number of aliphatic carboxylic acids is 1. The molecule has 1 aliphatic heterocycles. The van der Waals surface area contributed by atoms with Crippen molar-refractivity contribution in [2.24, 2.45) is 0 Å². The molecule has 1 amide bonds. The average molecular weight is 505 g/mol. The maximum Gasteiger partial charge on any atom is 0.490 e. The van der Waals surface area contributed by atoms with Gasteiger partial charge in [0.05, 0.1) is 24.9 Å². The van der Waals surface area contributed by atoms with Crippen LogP contribution in [-0.4, -0.2) is 58.0 Å². The fourth-order valence-electron chi connectivity index (χ4n) is 3.88. The molecule has 11 heteroatoms. The smallest absolute Gasteiger partial charge is 0.490 e. The number of carbonyl (C=O) groups excluding carboxylic acids is 1. The number of para-hydroxylation sites is 1. The number of likely N-dealkylation sites (tertiary alicyclic amines) is 1. The molecule has 2 aromatic carbocycles. The van der Waals surface area contributed by atoms with E-state index in [4.69, 9.17) is 14.6 Å². The van der Waals surface area contributed by atoms with Crippen molar-refractivity contribution in [1.29, 1.82) is 0 Å². The summed E-state index contributed by atoms with van der Waals surface area (Å²) in [5.74, 6) is -1.66. The van der Waals surface area contributed by atoms with Gasteiger partial charge in [-0.1, -0.05) is 42.5 Å². The quantitative estimate of drug-likeness (QED) is 0.509. The third kappa shape index (κ3) is 7.32. The normalized spacial score (nSPS) is 14.4. The molecular formula is C25H27F3N4O4. The van der Waals surface area contributed by atoms with Gasteiger partial charge in [-0.3, -0.25) is 9.69 Å². The van der Waals surface area contributed by atoms with Gasteiger partial charge < -0.3 is 15.2 Å². The standard InChI is InChI=1S/C23H26N4O2.C2HF3O2/c1-29-21-10-6-5-9-20(21)23(28)25-22-11-14-24-27(22)19-12-15-26(16-13-19)17-18-7-3-2-4-8-18;3-2(4,5)1(6)7/h2-11,14,19H,12-13,15-17H2,1H3,(H,25,28);(H,6,7). The van der Waals surface area contributed by atoms with Gasteiger partial charge in [0.25, 0.3) is 5.91 Å². The number of amides is 1. The molecule has 0 spiro atoms. The predicted octanol–water partition coefficient (Wildman–Crippen LogP) is 4.61. The van der Waals surface area contributed by atoms with E-state index in [0.29, 0.717) is 11.3 Å². The van der Waals surface area contributed by atoms with Crippen molar-refractivity contribution < 1.29 is 32.6 Å². The second kappa shape index (κ2) is 12.2. The van der Waals surface area contributed by atoms with E-state index in [1.807, 2.05) is 28.9 Å². The van der Waals surface area contributed by atoms with Crippen LogP contribution < -0.4 is 10.1 Å². The van der Waals surface area contributed by atoms with Gasteiger partial charge in [0.1, 0.15) is 11.6 Å². The summed E-state index contributed by atoms with van der Waals surface area (Å²) in [5.41, 5.74) is 1.86. The van der Waals surface area contributed by atoms with Crippen molar-refractivity contribution in [1.82, 2.24) is 14.7 Å². The highest BCUT2D eigenvalue weighted by Gasteiger charge is 2.38. The van der Waals surface area contributed by atoms with Crippen LogP contribution in [0, 0.1) is 0 Å². The van der Waals surface area contributed by atoms with E-state index in [1.165, 1.54) is 5.56 Å². The molecule has 0 radical (unpaired) electrons. The number of hydrogen-bond acceptors (Lipinski definition) is 5. The molecule has 1 saturated heterocycles. The lowest BCUT2D eigenvalue weighted by atomic mass is 10.0. The number of carboxylic acid groups (broad SMARTS) is 1. The SMILES string of the molecule is COc1ccccc1C(=O)Nc1ccnn1C1CCN(Cc2ccccc2)CC1.O=C(O)C(F)(F)F. The van der Waals surface area contributed by atoms with E-state index < -0.39 is 12.1 Å². The first kappa shape index (κ1) is 26.7. The number of rotatable bonds is 6. The van der Waals surface area contributed by atoms with Gasteiger partial charge in [-0.2, -0.15) is 18.3 Å². The molecule has 8 nitrogen and oxygen atoms in total. The molecule has 4 rings (SSSR count). The number of methoxy groups -OCH3 is 1. The average Bonchev–Trinajstić information content (AvgIpc) is 3.33. The number of anilines is 1. The Kier molecular flexibility index (Phi) is 9.07. The second-order valence-electron chi connectivity index (χ2n) is 8.11. The monoisotopic (exact) mass is 504 g/mol. The van der Waals surface area contributed by atoms with Crippen molar-refractivity contribution >= 4 is 17.7 Å². The third-order valence-corrected chi connectivity index (χ3v) is 5.66. The van der Waals surface area contributed by atoms with Crippen molar-refractivity contribution in [3.63, 3.8) is 0 Å². The minimum absolute atomic E-state index is 0.189. The number of hydrogen-bond donors (Lipinski definition) is 2. The Balaban J connectivity index is 0.000000454. The summed E-state index contributed by atoms with van der Waals surface area (Å²) in [7, 11) is 1.57. The molecule has 0 aliphatic carbocycles. The number of halogens is 3. The van der Waals surface area contributed by atoms with E-state index in [9.17, 15) is 18.0 Å². The number of carbonyl (C=O) groups is 2. The lowest BCUT2D eigenvalue weighted by molar-refractivity contribution is -0.192. The lowest BCUT2D eigenvalue weighted by Gasteiger charge is -2.32. The van der Waals surface area contributed by atoms with Gasteiger partial charge in [0.2, 0.25) is 0 Å². The van der Waals surface area contributed by atoms with Crippen molar-refractivity contribution in [2.45, 2.75) is 31.6 Å². The number of aromatic nitrogens is 2. The molecule has 0 unspecified atom stereocenters. The molecular weight excluding hydrogens is 477 g/mol. The van der Waals surface area contributed by atoms with Gasteiger partial charge in [0, 0.05) is 25.7 Å². The Labute approximate surface area is 206 Å². The van der Waals surface area contributed by atoms with E-state index in [1.54, 1.807) is 25.4 Å². The van der Waals surface area contributed by atoms with Crippen LogP contribution in [0.4, 0.5) is 19.0 Å². The summed E-state index contributed by atoms with van der Waals surface area (Å²) in [4.78, 5) is 24.1. The molecule has 0 saturated carbocycles. The number of benzene rings is 2. The highest BCUT2D eigenvalue weighted by molar-refractivity contribution is 6.05. The third-order valence-electron chi connectivity index (χ3n) is 5.66. The molecule has 1 aliphatic rings. The fourth-order valence-corrected chi connectivity index (χ4v) is 3.88. The van der Waals surface area contributed by atoms with Gasteiger partial charge in [-0.15, -0.1) is 0 Å². The summed E-state index contributed by atoms with van der Waals surface area (Å²) in [5, 5.41) is 14.6. The summed E-state index contributed by atoms with van der Waals surface area (Å²) < 4.78 is 39.0. The number of nitrogens with one attached hydrogen (secondary N) is 1. The molecule has 192 valence electrons. The minimum atomic E-state index is -5.08. The maximum absolute atomic E-state index is 12.7. The van der Waals surface area contributed by atoms with E-state index in [2.05, 4.69) is 39.6 Å². The summed E-state index contributed by atoms with van der Waals surface area (Å²) in [6.07, 6.45) is -1.33. The Morgan fingerprint density at radius 1 is 1.06 bits per heavy atom. The van der Waals surface area contributed by atoms with E-state index >= 15 is 0 Å². The molecule has 36 heavy (non-hydrogen) atoms. The molecule has 2 heterocycles. The largest absolute Gasteiger partial charge is 0.496 e. The number of ether oxygens (including phenoxy) is 1. The highest BCUT2D eigenvalue weighted by atomic mass is 19.4. The molecule has 1 fully saturated rings. The molecule has 3 aromatic rings. The Hall–Kier alpha value is -3.86. The van der Waals surface area contributed by atoms with Gasteiger partial charge in [0.15, 0.2) is 0 Å². The number of nitrogens with zero attached hydrogens (tertiary/aromatic N) is 3. The van der Waals surface area contributed by atoms with Crippen LogP contribution in [0.3, 0.4) is 0 Å². The zero-order chi connectivity index (χ0) is 26.1. The summed E-state index contributed by atoms with van der Waals surface area (Å²) in [6, 6.07) is 19.9. The fraction of sp³-hybridized carbons (Fsp3) is 0.320. The maximum atomic E-state index is 12.7. The highest BCUT2D eigenvalue weighted by Crippen LogP contribution is 2.27. The van der Waals surface area contributed by atoms with Crippen molar-refractivity contribution in [3.05, 3.63) is 78.0 Å². The van der Waals surface area contributed by atoms with Crippen LogP contribution in [0.25, 0.3) is 0 Å². The van der Waals surface area contributed by atoms with Crippen LogP contribution in [0.1, 0.15) is 34.8 Å². The lowest BCUT2D eigenvalue weighted by Crippen LogP contribution is -2.35. The van der Waals surface area contributed by atoms with Crippen LogP contribution in [-0.2, 0) is 11.3 Å². The molecule has 2 N–H and O–H groups in total. The minimum Gasteiger partial charge on any atom is -0.496 e. The topological polar surface area (TPSA) is 96.7 Å². The summed E-state index contributed by atoms with van der Waals surface area (Å²) in [6.45, 7) is 3.00. The van der Waals surface area contributed by atoms with Crippen LogP contribution in [0.5, 0.6) is 5.75 Å². The zero-order valence-electron chi connectivity index (χ0n) is 19.6. The molecule has 1 aromatic heterocycles. The summed E-state index contributed by atoms with van der Waals surface area (Å²) >= 11 is 0. The Morgan fingerprint density at radius 2 is 1.67 bits per heavy atom. The van der Waals surface area contributed by atoms with E-state index in [-0.39, 0.29) is 11.9 Å². The molecule has 0 bridgehead atoms. The number of carboxylic acids is 1. The van der Waals surface area contributed by atoms with Crippen molar-refractivity contribution in [3.8, 4) is 5.75 Å². The second-order valence-corrected chi connectivity index (χ2v) is 8.11. The van der Waals surface area contributed by atoms with Gasteiger partial charge in [-0.25, -0.2) is 9.48 Å². The van der Waals surface area contributed by atoms with Gasteiger partial charge >= 0.3 is 12.1 Å². The van der Waals surface area contributed by atoms with Crippen LogP contribution in [0.2, 0.25) is 0 Å². The number of piperidine rings is 1. The zero-order valence-corrected chi connectivity index (χ0v) is 19.6. The molecule has 0 atom stereocenters. The number of alkyl halides is 3. The first-order valence-corrected chi connectivity index (χ1v) is 11.2. The Bertz CT molecular complexity index is 1140. The first-order chi connectivity index (χ1) is 17.2.